The highest BCUT2D eigenvalue weighted by molar-refractivity contribution is 7.54. The van der Waals surface area contributed by atoms with E-state index >= 15 is 0 Å². The van der Waals surface area contributed by atoms with Gasteiger partial charge >= 0.3 is 7.60 Å². The van der Waals surface area contributed by atoms with Crippen LogP contribution < -0.4 is 0 Å². The van der Waals surface area contributed by atoms with Gasteiger partial charge in [0.2, 0.25) is 0 Å². The molecular formula is C10H21O3P. The van der Waals surface area contributed by atoms with Crippen LogP contribution in [-0.4, -0.2) is 19.9 Å². The van der Waals surface area contributed by atoms with Crippen molar-refractivity contribution in [2.24, 2.45) is 0 Å². The number of hydrogen-bond acceptors (Lipinski definition) is 3. The molecule has 84 valence electrons. The smallest absolute Gasteiger partial charge is 0.312 e. The first-order chi connectivity index (χ1) is 6.46. The number of rotatable bonds is 6. The van der Waals surface area contributed by atoms with E-state index in [-0.39, 0.29) is 5.66 Å². The van der Waals surface area contributed by atoms with Crippen LogP contribution >= 0.6 is 7.60 Å². The number of hydrogen-bond donors (Lipinski definition) is 0. The Morgan fingerprint density at radius 3 is 2.21 bits per heavy atom. The molecule has 3 nitrogen and oxygen atoms in total. The molecule has 0 aromatic rings. The second-order valence-corrected chi connectivity index (χ2v) is 6.30. The van der Waals surface area contributed by atoms with E-state index in [1.54, 1.807) is 0 Å². The maximum atomic E-state index is 11.9. The lowest BCUT2D eigenvalue weighted by atomic mass is 10.2. The van der Waals surface area contributed by atoms with Crippen molar-refractivity contribution in [3.8, 4) is 0 Å². The van der Waals surface area contributed by atoms with Crippen LogP contribution in [0, 0.1) is 0 Å². The summed E-state index contributed by atoms with van der Waals surface area (Å²) in [6, 6.07) is 0. The Morgan fingerprint density at radius 1 is 1.36 bits per heavy atom. The van der Waals surface area contributed by atoms with Crippen LogP contribution in [0.3, 0.4) is 0 Å². The molecule has 0 amide bonds. The van der Waals surface area contributed by atoms with Crippen molar-refractivity contribution < 1.29 is 13.6 Å². The van der Waals surface area contributed by atoms with Crippen molar-refractivity contribution in [2.45, 2.75) is 39.3 Å². The van der Waals surface area contributed by atoms with E-state index in [0.29, 0.717) is 0 Å². The van der Waals surface area contributed by atoms with Gasteiger partial charge in [-0.25, -0.2) is 0 Å². The summed E-state index contributed by atoms with van der Waals surface area (Å²) >= 11 is 0. The first-order valence-electron chi connectivity index (χ1n) is 4.80. The Labute approximate surface area is 87.0 Å². The maximum absolute atomic E-state index is 11.9. The Bertz CT molecular complexity index is 224. The zero-order chi connectivity index (χ0) is 11.2. The molecule has 0 saturated heterocycles. The summed E-state index contributed by atoms with van der Waals surface area (Å²) in [5.41, 5.74) is 1.23. The third kappa shape index (κ3) is 4.41. The van der Waals surface area contributed by atoms with Gasteiger partial charge < -0.3 is 9.05 Å². The molecule has 0 rings (SSSR count). The first kappa shape index (κ1) is 13.9. The van der Waals surface area contributed by atoms with E-state index < -0.39 is 7.60 Å². The van der Waals surface area contributed by atoms with Crippen LogP contribution in [0.15, 0.2) is 11.6 Å². The monoisotopic (exact) mass is 220 g/mol. The van der Waals surface area contributed by atoms with Crippen LogP contribution in [0.2, 0.25) is 0 Å². The summed E-state index contributed by atoms with van der Waals surface area (Å²) in [5, 5.41) is 0. The van der Waals surface area contributed by atoms with E-state index in [4.69, 9.17) is 9.05 Å². The molecular weight excluding hydrogens is 199 g/mol. The molecule has 0 aliphatic carbocycles. The zero-order valence-corrected chi connectivity index (χ0v) is 10.6. The predicted molar refractivity (Wildman–Crippen MR) is 59.8 cm³/mol. The largest absolute Gasteiger partial charge is 0.332 e. The fraction of sp³-hybridized carbons (Fsp3) is 0.800. The van der Waals surface area contributed by atoms with Gasteiger partial charge in [-0.15, -0.1) is 0 Å². The van der Waals surface area contributed by atoms with Gasteiger partial charge in [-0.05, 0) is 26.7 Å². The van der Waals surface area contributed by atoms with Crippen molar-refractivity contribution in [1.29, 1.82) is 0 Å². The Morgan fingerprint density at radius 2 is 1.86 bits per heavy atom. The summed E-state index contributed by atoms with van der Waals surface area (Å²) in [4.78, 5) is 0. The molecule has 14 heavy (non-hydrogen) atoms. The predicted octanol–water partition coefficient (Wildman–Crippen LogP) is 3.61. The second-order valence-electron chi connectivity index (χ2n) is 3.61. The second kappa shape index (κ2) is 6.39. The fourth-order valence-electron chi connectivity index (χ4n) is 1.21. The topological polar surface area (TPSA) is 35.5 Å². The van der Waals surface area contributed by atoms with E-state index in [9.17, 15) is 4.57 Å². The van der Waals surface area contributed by atoms with Gasteiger partial charge in [0.15, 0.2) is 0 Å². The van der Waals surface area contributed by atoms with Gasteiger partial charge in [-0.1, -0.05) is 18.6 Å². The van der Waals surface area contributed by atoms with Crippen molar-refractivity contribution in [3.05, 3.63) is 11.6 Å². The lowest BCUT2D eigenvalue weighted by Crippen LogP contribution is -2.06. The van der Waals surface area contributed by atoms with Gasteiger partial charge in [-0.2, -0.15) is 0 Å². The molecule has 0 radical (unpaired) electrons. The molecule has 1 atom stereocenters. The quantitative estimate of drug-likeness (QED) is 0.506. The summed E-state index contributed by atoms with van der Waals surface area (Å²) in [5.74, 6) is 0. The number of allylic oxidation sites excluding steroid dienone is 2. The Hall–Kier alpha value is -0.110. The van der Waals surface area contributed by atoms with E-state index in [1.807, 2.05) is 6.92 Å². The lowest BCUT2D eigenvalue weighted by Gasteiger charge is -2.20. The maximum Gasteiger partial charge on any atom is 0.332 e. The minimum Gasteiger partial charge on any atom is -0.312 e. The van der Waals surface area contributed by atoms with E-state index in [1.165, 1.54) is 19.8 Å². The minimum absolute atomic E-state index is 0.0481. The third-order valence-electron chi connectivity index (χ3n) is 2.19. The van der Waals surface area contributed by atoms with Gasteiger partial charge in [0.25, 0.3) is 0 Å². The Kier molecular flexibility index (Phi) is 6.34. The van der Waals surface area contributed by atoms with Gasteiger partial charge in [0, 0.05) is 14.2 Å². The van der Waals surface area contributed by atoms with Crippen LogP contribution in [0.1, 0.15) is 33.6 Å². The van der Waals surface area contributed by atoms with Crippen molar-refractivity contribution >= 4 is 7.60 Å². The SMILES string of the molecule is COP(=O)(OC)C(C)CCC=C(C)C. The molecule has 0 aromatic heterocycles. The van der Waals surface area contributed by atoms with Crippen LogP contribution in [0.5, 0.6) is 0 Å². The van der Waals surface area contributed by atoms with E-state index in [2.05, 4.69) is 19.9 Å². The molecule has 0 saturated carbocycles. The molecule has 0 aromatic carbocycles. The molecule has 0 aliphatic heterocycles. The average Bonchev–Trinajstić information content (AvgIpc) is 2.15. The molecule has 0 spiro atoms. The summed E-state index contributed by atoms with van der Waals surface area (Å²) < 4.78 is 21.7. The average molecular weight is 220 g/mol. The van der Waals surface area contributed by atoms with Crippen LogP contribution in [0.4, 0.5) is 0 Å². The van der Waals surface area contributed by atoms with Crippen molar-refractivity contribution in [1.82, 2.24) is 0 Å². The first-order valence-corrected chi connectivity index (χ1v) is 6.42. The van der Waals surface area contributed by atoms with Crippen molar-refractivity contribution in [3.63, 3.8) is 0 Å². The van der Waals surface area contributed by atoms with Crippen LogP contribution in [0.25, 0.3) is 0 Å². The molecule has 0 fully saturated rings. The zero-order valence-electron chi connectivity index (χ0n) is 9.74. The fourth-order valence-corrected chi connectivity index (χ4v) is 2.54. The highest BCUT2D eigenvalue weighted by atomic mass is 31.2. The molecule has 0 N–H and O–H groups in total. The third-order valence-corrected chi connectivity index (χ3v) is 4.54. The molecule has 0 bridgehead atoms. The molecule has 0 heterocycles. The normalized spacial score (nSPS) is 13.8. The molecule has 0 aliphatic rings. The highest BCUT2D eigenvalue weighted by Crippen LogP contribution is 2.52. The minimum atomic E-state index is -2.86. The highest BCUT2D eigenvalue weighted by Gasteiger charge is 2.28. The summed E-state index contributed by atoms with van der Waals surface area (Å²) in [6.45, 7) is 6.00. The lowest BCUT2D eigenvalue weighted by molar-refractivity contribution is 0.265. The summed E-state index contributed by atoms with van der Waals surface area (Å²) in [7, 11) is 0.00308. The van der Waals surface area contributed by atoms with Crippen molar-refractivity contribution in [2.75, 3.05) is 14.2 Å². The van der Waals surface area contributed by atoms with Gasteiger partial charge in [0.1, 0.15) is 0 Å². The molecule has 1 unspecified atom stereocenters. The van der Waals surface area contributed by atoms with E-state index in [0.717, 1.165) is 12.8 Å². The summed E-state index contributed by atoms with van der Waals surface area (Å²) in [6.07, 6.45) is 3.87. The van der Waals surface area contributed by atoms with Gasteiger partial charge in [0.05, 0.1) is 5.66 Å². The van der Waals surface area contributed by atoms with Crippen LogP contribution in [-0.2, 0) is 13.6 Å². The molecule has 4 heteroatoms. The Balaban J connectivity index is 4.13. The standard InChI is InChI=1S/C10H21O3P/c1-9(2)7-6-8-10(3)14(11,12-4)13-5/h7,10H,6,8H2,1-5H3. The van der Waals surface area contributed by atoms with Gasteiger partial charge in [-0.3, -0.25) is 4.57 Å².